The normalized spacial score (nSPS) is 21.9. The van der Waals surface area contributed by atoms with Crippen LogP contribution in [0.2, 0.25) is 0 Å². The average molecular weight is 439 g/mol. The van der Waals surface area contributed by atoms with Crippen molar-refractivity contribution in [2.45, 2.75) is 57.5 Å². The van der Waals surface area contributed by atoms with E-state index in [4.69, 9.17) is 9.97 Å². The Hall–Kier alpha value is -2.90. The van der Waals surface area contributed by atoms with Crippen molar-refractivity contribution >= 4 is 34.5 Å². The highest BCUT2D eigenvalue weighted by molar-refractivity contribution is 5.90. The van der Waals surface area contributed by atoms with Crippen LogP contribution in [0, 0.1) is 5.92 Å². The number of anilines is 2. The fourth-order valence-corrected chi connectivity index (χ4v) is 4.81. The number of amides is 2. The maximum absolute atomic E-state index is 12.7. The number of nitrogens with one attached hydrogen (secondary N) is 2. The van der Waals surface area contributed by atoms with Crippen LogP contribution >= 0.6 is 0 Å². The van der Waals surface area contributed by atoms with E-state index in [1.165, 1.54) is 0 Å². The first-order valence-corrected chi connectivity index (χ1v) is 11.7. The Morgan fingerprint density at radius 2 is 1.62 bits per heavy atom. The summed E-state index contributed by atoms with van der Waals surface area (Å²) >= 11 is 0. The summed E-state index contributed by atoms with van der Waals surface area (Å²) < 4.78 is 0. The third-order valence-electron chi connectivity index (χ3n) is 6.72. The second-order valence-corrected chi connectivity index (χ2v) is 9.26. The Morgan fingerprint density at radius 3 is 2.28 bits per heavy atom. The molecule has 2 N–H and O–H groups in total. The zero-order valence-electron chi connectivity index (χ0n) is 19.3. The smallest absolute Gasteiger partial charge is 0.225 e. The summed E-state index contributed by atoms with van der Waals surface area (Å²) in [6, 6.07) is 8.60. The Kier molecular flexibility index (Phi) is 6.77. The third-order valence-corrected chi connectivity index (χ3v) is 6.72. The van der Waals surface area contributed by atoms with Crippen molar-refractivity contribution in [2.75, 3.05) is 37.4 Å². The van der Waals surface area contributed by atoms with Gasteiger partial charge >= 0.3 is 0 Å². The summed E-state index contributed by atoms with van der Waals surface area (Å²) in [5.74, 6) is 1.85. The second kappa shape index (κ2) is 9.71. The van der Waals surface area contributed by atoms with E-state index in [1.807, 2.05) is 48.2 Å². The predicted octanol–water partition coefficient (Wildman–Crippen LogP) is 2.79. The Bertz CT molecular complexity index is 962. The second-order valence-electron chi connectivity index (χ2n) is 9.26. The van der Waals surface area contributed by atoms with Gasteiger partial charge in [0.25, 0.3) is 0 Å². The fourth-order valence-electron chi connectivity index (χ4n) is 4.81. The topological polar surface area (TPSA) is 90.5 Å². The molecular formula is C24H34N6O2. The van der Waals surface area contributed by atoms with E-state index in [0.29, 0.717) is 25.1 Å². The molecule has 0 bridgehead atoms. The molecule has 1 saturated heterocycles. The lowest BCUT2D eigenvalue weighted by Gasteiger charge is -2.33. The number of hydrogen-bond acceptors (Lipinski definition) is 6. The van der Waals surface area contributed by atoms with Crippen molar-refractivity contribution in [3.8, 4) is 0 Å². The average Bonchev–Trinajstić information content (AvgIpc) is 2.79. The van der Waals surface area contributed by atoms with Gasteiger partial charge in [0.15, 0.2) is 0 Å². The molecule has 2 heterocycles. The first-order chi connectivity index (χ1) is 15.4. The molecule has 4 rings (SSSR count). The van der Waals surface area contributed by atoms with Crippen LogP contribution in [0.3, 0.4) is 0 Å². The van der Waals surface area contributed by atoms with Gasteiger partial charge in [-0.3, -0.25) is 9.59 Å². The first-order valence-electron chi connectivity index (χ1n) is 11.7. The summed E-state index contributed by atoms with van der Waals surface area (Å²) in [7, 11) is 3.99. The molecule has 0 unspecified atom stereocenters. The molecule has 8 heteroatoms. The maximum atomic E-state index is 12.7. The molecule has 2 fully saturated rings. The van der Waals surface area contributed by atoms with Gasteiger partial charge in [0.2, 0.25) is 17.8 Å². The van der Waals surface area contributed by atoms with E-state index in [1.54, 1.807) is 6.92 Å². The lowest BCUT2D eigenvalue weighted by Crippen LogP contribution is -2.46. The summed E-state index contributed by atoms with van der Waals surface area (Å²) in [5, 5.41) is 7.82. The Balaban J connectivity index is 1.29. The van der Waals surface area contributed by atoms with Crippen molar-refractivity contribution in [3.63, 3.8) is 0 Å². The van der Waals surface area contributed by atoms with Gasteiger partial charge in [0.05, 0.1) is 5.52 Å². The Morgan fingerprint density at radius 1 is 0.969 bits per heavy atom. The van der Waals surface area contributed by atoms with Crippen LogP contribution in [-0.2, 0) is 9.59 Å². The van der Waals surface area contributed by atoms with Crippen LogP contribution < -0.4 is 15.5 Å². The molecule has 1 aromatic carbocycles. The van der Waals surface area contributed by atoms with Gasteiger partial charge in [-0.15, -0.1) is 0 Å². The van der Waals surface area contributed by atoms with Gasteiger partial charge in [-0.25, -0.2) is 4.98 Å². The largest absolute Gasteiger partial charge is 0.362 e. The number of likely N-dealkylation sites (tertiary alicyclic amines) is 1. The number of carbonyl (C=O) groups is 2. The van der Waals surface area contributed by atoms with Crippen LogP contribution in [-0.4, -0.2) is 66.0 Å². The number of nitrogens with zero attached hydrogens (tertiary/aromatic N) is 4. The standard InChI is InChI=1S/C24H34N6O2/c1-16(31)30-14-12-17(13-15-30)23(32)25-18-8-10-19(11-9-18)26-24-27-21-7-5-4-6-20(21)22(28-24)29(2)3/h4-7,17-19H,8-15H2,1-3H3,(H,25,32)(H,26,27,28)/t18-,19+. The molecule has 2 aromatic rings. The molecule has 32 heavy (non-hydrogen) atoms. The van der Waals surface area contributed by atoms with Crippen molar-refractivity contribution in [1.29, 1.82) is 0 Å². The highest BCUT2D eigenvalue weighted by atomic mass is 16.2. The molecule has 1 aromatic heterocycles. The van der Waals surface area contributed by atoms with Crippen LogP contribution in [0.1, 0.15) is 45.4 Å². The molecule has 0 spiro atoms. The highest BCUT2D eigenvalue weighted by Gasteiger charge is 2.29. The zero-order valence-corrected chi connectivity index (χ0v) is 19.3. The minimum atomic E-state index is 0.0249. The number of piperidine rings is 1. The number of carbonyl (C=O) groups excluding carboxylic acids is 2. The van der Waals surface area contributed by atoms with E-state index in [-0.39, 0.29) is 23.8 Å². The van der Waals surface area contributed by atoms with Crippen LogP contribution in [0.5, 0.6) is 0 Å². The van der Waals surface area contributed by atoms with Crippen LogP contribution in [0.25, 0.3) is 10.9 Å². The number of rotatable bonds is 5. The van der Waals surface area contributed by atoms with Gasteiger partial charge in [-0.1, -0.05) is 12.1 Å². The molecule has 0 radical (unpaired) electrons. The molecule has 1 aliphatic heterocycles. The van der Waals surface area contributed by atoms with Crippen molar-refractivity contribution in [1.82, 2.24) is 20.2 Å². The zero-order chi connectivity index (χ0) is 22.7. The SMILES string of the molecule is CC(=O)N1CCC(C(=O)N[C@H]2CC[C@@H](Nc3nc(N(C)C)c4ccccc4n3)CC2)CC1. The molecule has 1 saturated carbocycles. The highest BCUT2D eigenvalue weighted by Crippen LogP contribution is 2.27. The van der Waals surface area contributed by atoms with Gasteiger partial charge in [0, 0.05) is 57.5 Å². The van der Waals surface area contributed by atoms with Gasteiger partial charge in [0.1, 0.15) is 5.82 Å². The molecule has 8 nitrogen and oxygen atoms in total. The fraction of sp³-hybridized carbons (Fsp3) is 0.583. The number of benzene rings is 1. The van der Waals surface area contributed by atoms with Crippen LogP contribution in [0.15, 0.2) is 24.3 Å². The van der Waals surface area contributed by atoms with E-state index < -0.39 is 0 Å². The molecular weight excluding hydrogens is 404 g/mol. The van der Waals surface area contributed by atoms with Gasteiger partial charge < -0.3 is 20.4 Å². The maximum Gasteiger partial charge on any atom is 0.225 e. The first kappa shape index (κ1) is 22.3. The van der Waals surface area contributed by atoms with Crippen LogP contribution in [0.4, 0.5) is 11.8 Å². The summed E-state index contributed by atoms with van der Waals surface area (Å²) in [6.07, 6.45) is 5.36. The van der Waals surface area contributed by atoms with Crippen molar-refractivity contribution < 1.29 is 9.59 Å². The van der Waals surface area contributed by atoms with Gasteiger partial charge in [-0.05, 0) is 50.7 Å². The summed E-state index contributed by atoms with van der Waals surface area (Å²) in [5.41, 5.74) is 0.936. The van der Waals surface area contributed by atoms with E-state index in [2.05, 4.69) is 10.6 Å². The van der Waals surface area contributed by atoms with Crippen molar-refractivity contribution in [3.05, 3.63) is 24.3 Å². The monoisotopic (exact) mass is 438 g/mol. The predicted molar refractivity (Wildman–Crippen MR) is 127 cm³/mol. The number of hydrogen-bond donors (Lipinski definition) is 2. The van der Waals surface area contributed by atoms with Gasteiger partial charge in [-0.2, -0.15) is 4.98 Å². The minimum absolute atomic E-state index is 0.0249. The third kappa shape index (κ3) is 5.11. The lowest BCUT2D eigenvalue weighted by atomic mass is 9.89. The number of aromatic nitrogens is 2. The van der Waals surface area contributed by atoms with E-state index >= 15 is 0 Å². The molecule has 0 atom stereocenters. The molecule has 2 aliphatic rings. The van der Waals surface area contributed by atoms with E-state index in [9.17, 15) is 9.59 Å². The Labute approximate surface area is 189 Å². The summed E-state index contributed by atoms with van der Waals surface area (Å²) in [4.78, 5) is 37.5. The number of fused-ring (bicyclic) bond motifs is 1. The van der Waals surface area contributed by atoms with E-state index in [0.717, 1.165) is 55.2 Å². The summed E-state index contributed by atoms with van der Waals surface area (Å²) in [6.45, 7) is 2.96. The molecule has 172 valence electrons. The molecule has 2 amide bonds. The number of para-hydroxylation sites is 1. The lowest BCUT2D eigenvalue weighted by molar-refractivity contribution is -0.134. The minimum Gasteiger partial charge on any atom is -0.362 e. The molecule has 1 aliphatic carbocycles. The quantitative estimate of drug-likeness (QED) is 0.746. The van der Waals surface area contributed by atoms with Crippen molar-refractivity contribution in [2.24, 2.45) is 5.92 Å².